The van der Waals surface area contributed by atoms with Crippen LogP contribution in [-0.2, 0) is 28.0 Å². The molecule has 0 saturated carbocycles. The highest BCUT2D eigenvalue weighted by molar-refractivity contribution is 6.30. The molecular weight excluding hydrogens is 371 g/mol. The quantitative estimate of drug-likeness (QED) is 0.852. The molecule has 0 unspecified atom stereocenters. The third kappa shape index (κ3) is 3.61. The largest absolute Gasteiger partial charge is 0.368 e. The van der Waals surface area contributed by atoms with Gasteiger partial charge in [0.25, 0.3) is 0 Å². The van der Waals surface area contributed by atoms with Crippen molar-refractivity contribution in [2.24, 2.45) is 0 Å². The van der Waals surface area contributed by atoms with E-state index in [0.29, 0.717) is 43.1 Å². The van der Waals surface area contributed by atoms with Crippen LogP contribution in [-0.4, -0.2) is 40.5 Å². The van der Waals surface area contributed by atoms with Crippen molar-refractivity contribution >= 4 is 23.5 Å². The Morgan fingerprint density at radius 3 is 2.85 bits per heavy atom. The van der Waals surface area contributed by atoms with Crippen molar-refractivity contribution < 1.29 is 13.9 Å². The lowest BCUT2D eigenvalue weighted by Crippen LogP contribution is -2.49. The normalized spacial score (nSPS) is 18.4. The number of piperidine rings is 1. The third-order valence-electron chi connectivity index (χ3n) is 5.27. The summed E-state index contributed by atoms with van der Waals surface area (Å²) in [6.45, 7) is 1.70. The molecule has 0 atom stereocenters. The summed E-state index contributed by atoms with van der Waals surface area (Å²) in [5, 5.41) is 0.292. The number of hydrogen-bond acceptors (Lipinski definition) is 5. The molecule has 1 spiro atoms. The highest BCUT2D eigenvalue weighted by Crippen LogP contribution is 2.40. The van der Waals surface area contributed by atoms with Gasteiger partial charge in [-0.25, -0.2) is 14.4 Å². The van der Waals surface area contributed by atoms with Gasteiger partial charge in [0.05, 0.1) is 18.7 Å². The maximum atomic E-state index is 13.5. The van der Waals surface area contributed by atoms with Crippen molar-refractivity contribution in [2.75, 3.05) is 25.4 Å². The van der Waals surface area contributed by atoms with Crippen LogP contribution >= 0.6 is 11.6 Å². The van der Waals surface area contributed by atoms with Crippen LogP contribution < -0.4 is 5.73 Å². The molecule has 2 N–H and O–H groups in total. The molecule has 6 nitrogen and oxygen atoms in total. The fraction of sp³-hybridized carbons (Fsp3) is 0.421. The Morgan fingerprint density at radius 1 is 1.33 bits per heavy atom. The lowest BCUT2D eigenvalue weighted by Gasteiger charge is -2.44. The van der Waals surface area contributed by atoms with Crippen molar-refractivity contribution in [3.05, 3.63) is 52.1 Å². The lowest BCUT2D eigenvalue weighted by atomic mass is 9.83. The number of fused-ring (bicyclic) bond motifs is 2. The molecule has 2 aliphatic heterocycles. The first-order valence-corrected chi connectivity index (χ1v) is 9.32. The first-order valence-electron chi connectivity index (χ1n) is 8.94. The van der Waals surface area contributed by atoms with Gasteiger partial charge >= 0.3 is 0 Å². The van der Waals surface area contributed by atoms with Gasteiger partial charge in [0, 0.05) is 24.3 Å². The van der Waals surface area contributed by atoms with Crippen LogP contribution in [0.5, 0.6) is 0 Å². The lowest BCUT2D eigenvalue weighted by molar-refractivity contribution is -0.140. The minimum atomic E-state index is -0.510. The predicted octanol–water partition coefficient (Wildman–Crippen LogP) is 2.48. The first-order chi connectivity index (χ1) is 12.9. The van der Waals surface area contributed by atoms with Crippen LogP contribution in [0.2, 0.25) is 5.02 Å². The molecule has 0 aliphatic carbocycles. The number of nitrogens with zero attached hydrogens (tertiary/aromatic N) is 3. The summed E-state index contributed by atoms with van der Waals surface area (Å²) < 4.78 is 19.6. The van der Waals surface area contributed by atoms with Crippen LogP contribution in [0.3, 0.4) is 0 Å². The number of amides is 1. The van der Waals surface area contributed by atoms with E-state index in [-0.39, 0.29) is 18.3 Å². The number of carbonyl (C=O) groups is 1. The van der Waals surface area contributed by atoms with E-state index in [1.807, 2.05) is 0 Å². The molecule has 8 heteroatoms. The number of carbonyl (C=O) groups excluding carboxylic acids is 1. The molecule has 0 bridgehead atoms. The second-order valence-electron chi connectivity index (χ2n) is 7.03. The molecule has 4 rings (SSSR count). The van der Waals surface area contributed by atoms with E-state index >= 15 is 0 Å². The van der Waals surface area contributed by atoms with Gasteiger partial charge in [0.15, 0.2) is 0 Å². The van der Waals surface area contributed by atoms with E-state index in [4.69, 9.17) is 22.1 Å². The van der Waals surface area contributed by atoms with Crippen LogP contribution in [0.25, 0.3) is 0 Å². The van der Waals surface area contributed by atoms with E-state index in [1.165, 1.54) is 12.1 Å². The first kappa shape index (κ1) is 18.1. The molecule has 1 saturated heterocycles. The second kappa shape index (κ2) is 7.05. The summed E-state index contributed by atoms with van der Waals surface area (Å²) in [6.07, 6.45) is 3.95. The molecule has 1 aromatic heterocycles. The minimum absolute atomic E-state index is 0.0512. The van der Waals surface area contributed by atoms with Gasteiger partial charge in [-0.15, -0.1) is 0 Å². The number of ether oxygens (including phenoxy) is 1. The number of aromatic nitrogens is 2. The fourth-order valence-corrected chi connectivity index (χ4v) is 4.16. The molecule has 2 aromatic rings. The molecule has 1 amide bonds. The van der Waals surface area contributed by atoms with E-state index in [2.05, 4.69) is 9.97 Å². The Morgan fingerprint density at radius 2 is 2.11 bits per heavy atom. The zero-order valence-electron chi connectivity index (χ0n) is 14.8. The molecule has 3 heterocycles. The fourth-order valence-electron chi connectivity index (χ4n) is 3.92. The highest BCUT2D eigenvalue weighted by Gasteiger charge is 2.43. The standard InChI is InChI=1S/C19H20ClFN4O2/c20-14-7-12(8-15(21)10-14)9-16(26)25-4-2-19(3-5-25)17-13(1-6-27-19)11-23-18(22)24-17/h7-8,10-11H,1-6,9H2,(H2,22,23,24). The molecule has 142 valence electrons. The minimum Gasteiger partial charge on any atom is -0.368 e. The van der Waals surface area contributed by atoms with Gasteiger partial charge in [-0.3, -0.25) is 4.79 Å². The number of halogens is 2. The second-order valence-corrected chi connectivity index (χ2v) is 7.47. The Labute approximate surface area is 161 Å². The van der Waals surface area contributed by atoms with Gasteiger partial charge in [-0.2, -0.15) is 0 Å². The van der Waals surface area contributed by atoms with Gasteiger partial charge in [-0.1, -0.05) is 11.6 Å². The van der Waals surface area contributed by atoms with Gasteiger partial charge < -0.3 is 15.4 Å². The summed E-state index contributed by atoms with van der Waals surface area (Å²) in [6, 6.07) is 4.19. The Balaban J connectivity index is 1.46. The SMILES string of the molecule is Nc1ncc2c(n1)C1(CCN(C(=O)Cc3cc(F)cc(Cl)c3)CC1)OCC2. The highest BCUT2D eigenvalue weighted by atomic mass is 35.5. The van der Waals surface area contributed by atoms with Crippen LogP contribution in [0, 0.1) is 5.82 Å². The predicted molar refractivity (Wildman–Crippen MR) is 98.7 cm³/mol. The Hall–Kier alpha value is -2.25. The third-order valence-corrected chi connectivity index (χ3v) is 5.48. The number of hydrogen-bond donors (Lipinski definition) is 1. The molecule has 0 radical (unpaired) electrons. The Bertz CT molecular complexity index is 864. The topological polar surface area (TPSA) is 81.3 Å². The van der Waals surface area contributed by atoms with Gasteiger partial charge in [0.1, 0.15) is 11.4 Å². The number of benzene rings is 1. The molecule has 27 heavy (non-hydrogen) atoms. The van der Waals surface area contributed by atoms with Crippen LogP contribution in [0.15, 0.2) is 24.4 Å². The maximum Gasteiger partial charge on any atom is 0.226 e. The average molecular weight is 391 g/mol. The zero-order chi connectivity index (χ0) is 19.0. The number of anilines is 1. The van der Waals surface area contributed by atoms with Crippen LogP contribution in [0.1, 0.15) is 29.7 Å². The van der Waals surface area contributed by atoms with E-state index in [9.17, 15) is 9.18 Å². The number of nitrogen functional groups attached to an aromatic ring is 1. The van der Waals surface area contributed by atoms with Crippen molar-refractivity contribution in [2.45, 2.75) is 31.3 Å². The molecular formula is C19H20ClFN4O2. The van der Waals surface area contributed by atoms with E-state index < -0.39 is 11.4 Å². The summed E-state index contributed by atoms with van der Waals surface area (Å²) in [4.78, 5) is 22.9. The zero-order valence-corrected chi connectivity index (χ0v) is 15.5. The summed E-state index contributed by atoms with van der Waals surface area (Å²) >= 11 is 5.87. The summed E-state index contributed by atoms with van der Waals surface area (Å²) in [7, 11) is 0. The van der Waals surface area contributed by atoms with Crippen LogP contribution in [0.4, 0.5) is 10.3 Å². The van der Waals surface area contributed by atoms with E-state index in [0.717, 1.165) is 17.7 Å². The smallest absolute Gasteiger partial charge is 0.226 e. The van der Waals surface area contributed by atoms with Crippen molar-refractivity contribution in [3.63, 3.8) is 0 Å². The van der Waals surface area contributed by atoms with Crippen molar-refractivity contribution in [1.29, 1.82) is 0 Å². The molecule has 1 fully saturated rings. The number of rotatable bonds is 2. The average Bonchev–Trinajstić information content (AvgIpc) is 2.62. The number of likely N-dealkylation sites (tertiary alicyclic amines) is 1. The maximum absolute atomic E-state index is 13.5. The van der Waals surface area contributed by atoms with Crippen molar-refractivity contribution in [3.8, 4) is 0 Å². The van der Waals surface area contributed by atoms with Crippen molar-refractivity contribution in [1.82, 2.24) is 14.9 Å². The van der Waals surface area contributed by atoms with Gasteiger partial charge in [0.2, 0.25) is 11.9 Å². The summed E-state index contributed by atoms with van der Waals surface area (Å²) in [5.41, 5.74) is 7.75. The monoisotopic (exact) mass is 390 g/mol. The molecule has 2 aliphatic rings. The van der Waals surface area contributed by atoms with E-state index in [1.54, 1.807) is 17.2 Å². The molecule has 1 aromatic carbocycles. The van der Waals surface area contributed by atoms with Gasteiger partial charge in [-0.05, 0) is 48.6 Å². The summed E-state index contributed by atoms with van der Waals surface area (Å²) in [5.74, 6) is -0.253. The Kier molecular flexibility index (Phi) is 4.74. The number of nitrogens with two attached hydrogens (primary N) is 1.